The SMILES string of the molecule is CCCCCC(O)c1ccc(C)c2ccccc12. The molecule has 18 heavy (non-hydrogen) atoms. The van der Waals surface area contributed by atoms with E-state index in [4.69, 9.17) is 0 Å². The first-order chi connectivity index (χ1) is 8.74. The maximum atomic E-state index is 10.3. The molecule has 2 aromatic carbocycles. The standard InChI is InChI=1S/C17H22O/c1-3-4-5-10-17(18)16-12-11-13(2)14-8-6-7-9-15(14)16/h6-9,11-12,17-18H,3-5,10H2,1-2H3. The lowest BCUT2D eigenvalue weighted by molar-refractivity contribution is 0.165. The van der Waals surface area contributed by atoms with Crippen molar-refractivity contribution in [1.82, 2.24) is 0 Å². The highest BCUT2D eigenvalue weighted by atomic mass is 16.3. The van der Waals surface area contributed by atoms with E-state index in [9.17, 15) is 5.11 Å². The number of hydrogen-bond acceptors (Lipinski definition) is 1. The van der Waals surface area contributed by atoms with Gasteiger partial charge in [-0.15, -0.1) is 0 Å². The zero-order valence-corrected chi connectivity index (χ0v) is 11.3. The minimum atomic E-state index is -0.331. The van der Waals surface area contributed by atoms with E-state index in [0.717, 1.165) is 18.4 Å². The van der Waals surface area contributed by atoms with E-state index in [1.165, 1.54) is 29.2 Å². The van der Waals surface area contributed by atoms with Gasteiger partial charge in [0, 0.05) is 0 Å². The fraction of sp³-hybridized carbons (Fsp3) is 0.412. The zero-order valence-electron chi connectivity index (χ0n) is 11.3. The van der Waals surface area contributed by atoms with Crippen LogP contribution in [0.2, 0.25) is 0 Å². The average Bonchev–Trinajstić information content (AvgIpc) is 2.39. The molecule has 2 rings (SSSR count). The fourth-order valence-electron chi connectivity index (χ4n) is 2.51. The van der Waals surface area contributed by atoms with Crippen LogP contribution in [0.3, 0.4) is 0 Å². The number of hydrogen-bond donors (Lipinski definition) is 1. The largest absolute Gasteiger partial charge is 0.388 e. The highest BCUT2D eigenvalue weighted by Crippen LogP contribution is 2.29. The van der Waals surface area contributed by atoms with Crippen LogP contribution in [0, 0.1) is 6.92 Å². The van der Waals surface area contributed by atoms with E-state index >= 15 is 0 Å². The highest BCUT2D eigenvalue weighted by molar-refractivity contribution is 5.88. The summed E-state index contributed by atoms with van der Waals surface area (Å²) in [4.78, 5) is 0. The predicted octanol–water partition coefficient (Wildman–Crippen LogP) is 4.76. The van der Waals surface area contributed by atoms with Gasteiger partial charge in [0.15, 0.2) is 0 Å². The molecule has 0 aliphatic rings. The lowest BCUT2D eigenvalue weighted by Crippen LogP contribution is -1.99. The van der Waals surface area contributed by atoms with Crippen LogP contribution in [-0.4, -0.2) is 5.11 Å². The maximum absolute atomic E-state index is 10.3. The number of aliphatic hydroxyl groups is 1. The monoisotopic (exact) mass is 242 g/mol. The van der Waals surface area contributed by atoms with Crippen molar-refractivity contribution in [2.24, 2.45) is 0 Å². The van der Waals surface area contributed by atoms with E-state index < -0.39 is 0 Å². The molecule has 1 heteroatoms. The van der Waals surface area contributed by atoms with E-state index in [1.54, 1.807) is 0 Å². The summed E-state index contributed by atoms with van der Waals surface area (Å²) in [5.41, 5.74) is 2.35. The van der Waals surface area contributed by atoms with Gasteiger partial charge in [-0.05, 0) is 35.2 Å². The number of benzene rings is 2. The zero-order chi connectivity index (χ0) is 13.0. The van der Waals surface area contributed by atoms with Crippen molar-refractivity contribution in [3.8, 4) is 0 Å². The molecule has 0 saturated carbocycles. The third-order valence-corrected chi connectivity index (χ3v) is 3.62. The van der Waals surface area contributed by atoms with Crippen molar-refractivity contribution in [2.75, 3.05) is 0 Å². The molecule has 0 bridgehead atoms. The quantitative estimate of drug-likeness (QED) is 0.749. The molecule has 0 amide bonds. The predicted molar refractivity (Wildman–Crippen MR) is 77.8 cm³/mol. The first-order valence-electron chi connectivity index (χ1n) is 6.90. The Morgan fingerprint density at radius 3 is 2.44 bits per heavy atom. The van der Waals surface area contributed by atoms with Crippen LogP contribution in [0.1, 0.15) is 49.8 Å². The fourth-order valence-corrected chi connectivity index (χ4v) is 2.51. The van der Waals surface area contributed by atoms with Crippen molar-refractivity contribution in [3.05, 3.63) is 47.5 Å². The van der Waals surface area contributed by atoms with Gasteiger partial charge < -0.3 is 5.11 Å². The highest BCUT2D eigenvalue weighted by Gasteiger charge is 2.11. The van der Waals surface area contributed by atoms with Gasteiger partial charge in [0.05, 0.1) is 6.10 Å². The summed E-state index contributed by atoms with van der Waals surface area (Å²) in [6, 6.07) is 12.5. The Morgan fingerprint density at radius 1 is 1.00 bits per heavy atom. The van der Waals surface area contributed by atoms with Crippen LogP contribution in [0.25, 0.3) is 10.8 Å². The molecule has 1 nitrogen and oxygen atoms in total. The molecule has 0 fully saturated rings. The Bertz CT molecular complexity index is 516. The molecule has 2 aromatic rings. The summed E-state index contributed by atoms with van der Waals surface area (Å²) in [5.74, 6) is 0. The molecule has 1 unspecified atom stereocenters. The number of aliphatic hydroxyl groups excluding tert-OH is 1. The molecule has 1 atom stereocenters. The maximum Gasteiger partial charge on any atom is 0.0796 e. The smallest absolute Gasteiger partial charge is 0.0796 e. The summed E-state index contributed by atoms with van der Waals surface area (Å²) in [5, 5.41) is 12.8. The molecule has 96 valence electrons. The Labute approximate surface area is 109 Å². The lowest BCUT2D eigenvalue weighted by Gasteiger charge is -2.15. The molecule has 0 spiro atoms. The van der Waals surface area contributed by atoms with E-state index in [0.29, 0.717) is 0 Å². The second-order valence-corrected chi connectivity index (χ2v) is 5.03. The normalized spacial score (nSPS) is 12.8. The third-order valence-electron chi connectivity index (χ3n) is 3.62. The lowest BCUT2D eigenvalue weighted by atomic mass is 9.95. The third kappa shape index (κ3) is 2.73. The van der Waals surface area contributed by atoms with E-state index in [2.05, 4.69) is 44.2 Å². The molecule has 0 aromatic heterocycles. The van der Waals surface area contributed by atoms with Crippen LogP contribution in [0.15, 0.2) is 36.4 Å². The molecule has 0 heterocycles. The van der Waals surface area contributed by atoms with Crippen LogP contribution < -0.4 is 0 Å². The summed E-state index contributed by atoms with van der Waals surface area (Å²) >= 11 is 0. The second kappa shape index (κ2) is 6.01. The molecule has 0 aliphatic carbocycles. The van der Waals surface area contributed by atoms with Crippen molar-refractivity contribution in [2.45, 2.75) is 45.6 Å². The summed E-state index contributed by atoms with van der Waals surface area (Å²) in [7, 11) is 0. The minimum absolute atomic E-state index is 0.331. The van der Waals surface area contributed by atoms with Gasteiger partial charge in [-0.2, -0.15) is 0 Å². The van der Waals surface area contributed by atoms with Gasteiger partial charge in [-0.25, -0.2) is 0 Å². The second-order valence-electron chi connectivity index (χ2n) is 5.03. The molecule has 0 radical (unpaired) electrons. The van der Waals surface area contributed by atoms with Crippen molar-refractivity contribution in [1.29, 1.82) is 0 Å². The molecular formula is C17H22O. The first kappa shape index (κ1) is 13.1. The van der Waals surface area contributed by atoms with Gasteiger partial charge in [-0.1, -0.05) is 62.6 Å². The van der Waals surface area contributed by atoms with Crippen molar-refractivity contribution >= 4 is 10.8 Å². The van der Waals surface area contributed by atoms with Crippen molar-refractivity contribution < 1.29 is 5.11 Å². The molecular weight excluding hydrogens is 220 g/mol. The number of unbranched alkanes of at least 4 members (excludes halogenated alkanes) is 2. The van der Waals surface area contributed by atoms with Crippen LogP contribution in [-0.2, 0) is 0 Å². The van der Waals surface area contributed by atoms with Gasteiger partial charge in [-0.3, -0.25) is 0 Å². The first-order valence-corrected chi connectivity index (χ1v) is 6.90. The van der Waals surface area contributed by atoms with E-state index in [-0.39, 0.29) is 6.10 Å². The van der Waals surface area contributed by atoms with E-state index in [1.807, 2.05) is 6.07 Å². The molecule has 0 saturated heterocycles. The average molecular weight is 242 g/mol. The Balaban J connectivity index is 2.30. The Hall–Kier alpha value is -1.34. The number of rotatable bonds is 5. The van der Waals surface area contributed by atoms with Gasteiger partial charge in [0.1, 0.15) is 0 Å². The van der Waals surface area contributed by atoms with Crippen molar-refractivity contribution in [3.63, 3.8) is 0 Å². The number of fused-ring (bicyclic) bond motifs is 1. The van der Waals surface area contributed by atoms with Gasteiger partial charge in [0.2, 0.25) is 0 Å². The van der Waals surface area contributed by atoms with Crippen LogP contribution in [0.4, 0.5) is 0 Å². The molecule has 0 aliphatic heterocycles. The summed E-state index contributed by atoms with van der Waals surface area (Å²) in [6.07, 6.45) is 4.02. The number of aryl methyl sites for hydroxylation is 1. The van der Waals surface area contributed by atoms with Crippen LogP contribution >= 0.6 is 0 Å². The van der Waals surface area contributed by atoms with Crippen LogP contribution in [0.5, 0.6) is 0 Å². The summed E-state index contributed by atoms with van der Waals surface area (Å²) < 4.78 is 0. The molecule has 1 N–H and O–H groups in total. The van der Waals surface area contributed by atoms with Gasteiger partial charge in [0.25, 0.3) is 0 Å². The summed E-state index contributed by atoms with van der Waals surface area (Å²) in [6.45, 7) is 4.31. The van der Waals surface area contributed by atoms with Gasteiger partial charge >= 0.3 is 0 Å². The Kier molecular flexibility index (Phi) is 4.38. The Morgan fingerprint density at radius 2 is 1.72 bits per heavy atom. The minimum Gasteiger partial charge on any atom is -0.388 e. The topological polar surface area (TPSA) is 20.2 Å².